The van der Waals surface area contributed by atoms with E-state index in [2.05, 4.69) is 20.5 Å². The SMILES string of the molecule is COCCNC(=NCCN1CCOCC1)NCCc1ccco1.I. The van der Waals surface area contributed by atoms with Crippen LogP contribution in [-0.2, 0) is 15.9 Å². The van der Waals surface area contributed by atoms with Crippen LogP contribution in [0.1, 0.15) is 5.76 Å². The molecule has 0 aliphatic carbocycles. The highest BCUT2D eigenvalue weighted by Gasteiger charge is 2.09. The highest BCUT2D eigenvalue weighted by molar-refractivity contribution is 14.0. The number of nitrogens with zero attached hydrogens (tertiary/aromatic N) is 2. The fraction of sp³-hybridized carbons (Fsp3) is 0.688. The molecular formula is C16H29IN4O3. The first kappa shape index (κ1) is 21.2. The third-order valence-corrected chi connectivity index (χ3v) is 3.63. The molecule has 2 rings (SSSR count). The standard InChI is InChI=1S/C16H28N4O3.HI/c1-21-12-7-19-16(17-5-4-15-3-2-11-23-15)18-6-8-20-9-13-22-14-10-20;/h2-3,11H,4-10,12-14H2,1H3,(H2,17,18,19);1H. The van der Waals surface area contributed by atoms with Crippen molar-refractivity contribution in [2.24, 2.45) is 4.99 Å². The van der Waals surface area contributed by atoms with Gasteiger partial charge in [-0.1, -0.05) is 0 Å². The summed E-state index contributed by atoms with van der Waals surface area (Å²) < 4.78 is 15.8. The summed E-state index contributed by atoms with van der Waals surface area (Å²) in [5.41, 5.74) is 0. The summed E-state index contributed by atoms with van der Waals surface area (Å²) in [6, 6.07) is 3.89. The molecule has 0 unspecified atom stereocenters. The number of nitrogens with one attached hydrogen (secondary N) is 2. The predicted octanol–water partition coefficient (Wildman–Crippen LogP) is 0.954. The molecular weight excluding hydrogens is 423 g/mol. The molecule has 0 saturated carbocycles. The van der Waals surface area contributed by atoms with Gasteiger partial charge in [-0.25, -0.2) is 0 Å². The smallest absolute Gasteiger partial charge is 0.191 e. The second-order valence-corrected chi connectivity index (χ2v) is 5.36. The summed E-state index contributed by atoms with van der Waals surface area (Å²) >= 11 is 0. The highest BCUT2D eigenvalue weighted by atomic mass is 127. The van der Waals surface area contributed by atoms with Gasteiger partial charge >= 0.3 is 0 Å². The number of furan rings is 1. The van der Waals surface area contributed by atoms with Crippen molar-refractivity contribution in [3.8, 4) is 0 Å². The van der Waals surface area contributed by atoms with Crippen LogP contribution in [0.25, 0.3) is 0 Å². The Kier molecular flexibility index (Phi) is 11.9. The minimum Gasteiger partial charge on any atom is -0.469 e. The fourth-order valence-electron chi connectivity index (χ4n) is 2.33. The number of hydrogen-bond donors (Lipinski definition) is 2. The molecule has 1 fully saturated rings. The number of guanidine groups is 1. The van der Waals surface area contributed by atoms with Gasteiger partial charge in [0.2, 0.25) is 0 Å². The van der Waals surface area contributed by atoms with Gasteiger partial charge in [-0.3, -0.25) is 9.89 Å². The largest absolute Gasteiger partial charge is 0.469 e. The van der Waals surface area contributed by atoms with Crippen molar-refractivity contribution in [2.75, 3.05) is 66.2 Å². The van der Waals surface area contributed by atoms with E-state index in [4.69, 9.17) is 13.9 Å². The zero-order valence-electron chi connectivity index (χ0n) is 14.3. The molecule has 8 heteroatoms. The lowest BCUT2D eigenvalue weighted by molar-refractivity contribution is 0.0394. The molecule has 1 aliphatic heterocycles. The third-order valence-electron chi connectivity index (χ3n) is 3.63. The monoisotopic (exact) mass is 452 g/mol. The lowest BCUT2D eigenvalue weighted by Crippen LogP contribution is -2.41. The first-order chi connectivity index (χ1) is 11.4. The van der Waals surface area contributed by atoms with Crippen LogP contribution in [0.4, 0.5) is 0 Å². The van der Waals surface area contributed by atoms with Gasteiger partial charge in [0, 0.05) is 46.3 Å². The molecule has 2 heterocycles. The van der Waals surface area contributed by atoms with E-state index in [1.165, 1.54) is 0 Å². The van der Waals surface area contributed by atoms with Crippen molar-refractivity contribution in [1.29, 1.82) is 0 Å². The van der Waals surface area contributed by atoms with E-state index in [1.54, 1.807) is 13.4 Å². The Labute approximate surface area is 161 Å². The van der Waals surface area contributed by atoms with Crippen LogP contribution >= 0.6 is 24.0 Å². The van der Waals surface area contributed by atoms with Crippen molar-refractivity contribution in [2.45, 2.75) is 6.42 Å². The highest BCUT2D eigenvalue weighted by Crippen LogP contribution is 1.99. The Hall–Kier alpha value is -0.840. The molecule has 0 amide bonds. The number of hydrogen-bond acceptors (Lipinski definition) is 5. The van der Waals surface area contributed by atoms with Crippen LogP contribution < -0.4 is 10.6 Å². The molecule has 7 nitrogen and oxygen atoms in total. The molecule has 2 N–H and O–H groups in total. The molecule has 0 atom stereocenters. The second-order valence-electron chi connectivity index (χ2n) is 5.36. The van der Waals surface area contributed by atoms with Gasteiger partial charge in [-0.05, 0) is 12.1 Å². The van der Waals surface area contributed by atoms with E-state index < -0.39 is 0 Å². The van der Waals surface area contributed by atoms with Gasteiger partial charge in [-0.15, -0.1) is 24.0 Å². The molecule has 0 aromatic carbocycles. The molecule has 1 aromatic rings. The molecule has 138 valence electrons. The van der Waals surface area contributed by atoms with Gasteiger partial charge in [0.05, 0.1) is 32.6 Å². The van der Waals surface area contributed by atoms with Gasteiger partial charge < -0.3 is 24.5 Å². The Morgan fingerprint density at radius 2 is 2.08 bits per heavy atom. The van der Waals surface area contributed by atoms with E-state index in [9.17, 15) is 0 Å². The minimum atomic E-state index is 0. The molecule has 1 aromatic heterocycles. The maximum absolute atomic E-state index is 5.36. The summed E-state index contributed by atoms with van der Waals surface area (Å²) in [4.78, 5) is 7.01. The number of ether oxygens (including phenoxy) is 2. The molecule has 1 saturated heterocycles. The maximum Gasteiger partial charge on any atom is 0.191 e. The zero-order valence-corrected chi connectivity index (χ0v) is 16.7. The minimum absolute atomic E-state index is 0. The van der Waals surface area contributed by atoms with Crippen LogP contribution in [0.15, 0.2) is 27.8 Å². The first-order valence-corrected chi connectivity index (χ1v) is 8.22. The number of halogens is 1. The lowest BCUT2D eigenvalue weighted by atomic mass is 10.3. The van der Waals surface area contributed by atoms with Crippen molar-refractivity contribution >= 4 is 29.9 Å². The van der Waals surface area contributed by atoms with E-state index >= 15 is 0 Å². The fourth-order valence-corrected chi connectivity index (χ4v) is 2.33. The normalized spacial score (nSPS) is 15.8. The topological polar surface area (TPSA) is 71.3 Å². The van der Waals surface area contributed by atoms with E-state index in [1.807, 2.05) is 12.1 Å². The van der Waals surface area contributed by atoms with Crippen molar-refractivity contribution in [1.82, 2.24) is 15.5 Å². The average Bonchev–Trinajstić information content (AvgIpc) is 3.09. The Morgan fingerprint density at radius 1 is 1.29 bits per heavy atom. The summed E-state index contributed by atoms with van der Waals surface area (Å²) in [5.74, 6) is 1.80. The van der Waals surface area contributed by atoms with Crippen molar-refractivity contribution in [3.63, 3.8) is 0 Å². The number of rotatable bonds is 9. The Morgan fingerprint density at radius 3 is 2.79 bits per heavy atom. The Bertz CT molecular complexity index is 437. The van der Waals surface area contributed by atoms with Crippen molar-refractivity contribution in [3.05, 3.63) is 24.2 Å². The maximum atomic E-state index is 5.36. The molecule has 0 bridgehead atoms. The molecule has 0 radical (unpaired) electrons. The lowest BCUT2D eigenvalue weighted by Gasteiger charge is -2.25. The summed E-state index contributed by atoms with van der Waals surface area (Å²) in [5, 5.41) is 6.61. The number of morpholine rings is 1. The number of methoxy groups -OCH3 is 1. The second kappa shape index (κ2) is 13.5. The zero-order chi connectivity index (χ0) is 16.2. The third kappa shape index (κ3) is 8.86. The van der Waals surface area contributed by atoms with Crippen LogP contribution in [0.3, 0.4) is 0 Å². The van der Waals surface area contributed by atoms with Gasteiger partial charge in [0.1, 0.15) is 5.76 Å². The van der Waals surface area contributed by atoms with Gasteiger partial charge in [-0.2, -0.15) is 0 Å². The van der Waals surface area contributed by atoms with Gasteiger partial charge in [0.15, 0.2) is 5.96 Å². The quantitative estimate of drug-likeness (QED) is 0.252. The van der Waals surface area contributed by atoms with Crippen LogP contribution in [0.5, 0.6) is 0 Å². The van der Waals surface area contributed by atoms with Crippen LogP contribution in [0.2, 0.25) is 0 Å². The first-order valence-electron chi connectivity index (χ1n) is 8.22. The Balaban J connectivity index is 0.00000288. The summed E-state index contributed by atoms with van der Waals surface area (Å²) in [6.45, 7) is 7.53. The molecule has 1 aliphatic rings. The number of aliphatic imine (C=N–C) groups is 1. The molecule has 24 heavy (non-hydrogen) atoms. The van der Waals surface area contributed by atoms with Gasteiger partial charge in [0.25, 0.3) is 0 Å². The summed E-state index contributed by atoms with van der Waals surface area (Å²) in [7, 11) is 1.70. The van der Waals surface area contributed by atoms with Crippen molar-refractivity contribution < 1.29 is 13.9 Å². The van der Waals surface area contributed by atoms with E-state index in [0.717, 1.165) is 70.6 Å². The summed E-state index contributed by atoms with van der Waals surface area (Å²) in [6.07, 6.45) is 2.53. The average molecular weight is 452 g/mol. The van der Waals surface area contributed by atoms with Crippen LogP contribution in [-0.4, -0.2) is 77.1 Å². The predicted molar refractivity (Wildman–Crippen MR) is 105 cm³/mol. The van der Waals surface area contributed by atoms with Crippen LogP contribution in [0, 0.1) is 0 Å². The van der Waals surface area contributed by atoms with E-state index in [0.29, 0.717) is 6.61 Å². The van der Waals surface area contributed by atoms with E-state index in [-0.39, 0.29) is 24.0 Å². The molecule has 0 spiro atoms.